The highest BCUT2D eigenvalue weighted by atomic mass is 32.2. The summed E-state index contributed by atoms with van der Waals surface area (Å²) in [7, 11) is 1.73. The molecule has 1 aliphatic rings. The monoisotopic (exact) mass is 280 g/mol. The van der Waals surface area contributed by atoms with Crippen LogP contribution < -0.4 is 5.32 Å². The number of ether oxygens (including phenoxy) is 1. The van der Waals surface area contributed by atoms with Crippen molar-refractivity contribution in [3.05, 3.63) is 23.9 Å². The van der Waals surface area contributed by atoms with Gasteiger partial charge in [0.2, 0.25) is 0 Å². The standard InChI is InChI=1S/C15H24N2OS/c1-18-10-9-16-11-14-7-4-8-17-15(14)19-12-13-5-2-3-6-13/h4,7-8,13,16H,2-3,5-6,9-12H2,1H3. The molecule has 1 N–H and O–H groups in total. The van der Waals surface area contributed by atoms with E-state index in [4.69, 9.17) is 4.74 Å². The van der Waals surface area contributed by atoms with Gasteiger partial charge < -0.3 is 10.1 Å². The normalized spacial score (nSPS) is 16.1. The fourth-order valence-corrected chi connectivity index (χ4v) is 3.65. The van der Waals surface area contributed by atoms with Gasteiger partial charge >= 0.3 is 0 Å². The first-order chi connectivity index (χ1) is 9.40. The minimum absolute atomic E-state index is 0.755. The van der Waals surface area contributed by atoms with Gasteiger partial charge in [0.1, 0.15) is 5.03 Å². The molecule has 4 heteroatoms. The number of hydrogen-bond donors (Lipinski definition) is 1. The van der Waals surface area contributed by atoms with Crippen LogP contribution in [0.25, 0.3) is 0 Å². The molecule has 0 amide bonds. The third-order valence-corrected chi connectivity index (χ3v) is 4.86. The lowest BCUT2D eigenvalue weighted by atomic mass is 10.1. The average molecular weight is 280 g/mol. The summed E-state index contributed by atoms with van der Waals surface area (Å²) in [6.07, 6.45) is 7.54. The van der Waals surface area contributed by atoms with Crippen molar-refractivity contribution in [3.63, 3.8) is 0 Å². The number of methoxy groups -OCH3 is 1. The van der Waals surface area contributed by atoms with Crippen molar-refractivity contribution in [1.82, 2.24) is 10.3 Å². The molecule has 2 rings (SSSR count). The Bertz CT molecular complexity index is 367. The lowest BCUT2D eigenvalue weighted by molar-refractivity contribution is 0.199. The summed E-state index contributed by atoms with van der Waals surface area (Å²) >= 11 is 1.93. The summed E-state index contributed by atoms with van der Waals surface area (Å²) < 4.78 is 5.04. The van der Waals surface area contributed by atoms with Crippen molar-refractivity contribution in [2.75, 3.05) is 26.0 Å². The van der Waals surface area contributed by atoms with Crippen molar-refractivity contribution in [2.45, 2.75) is 37.3 Å². The minimum atomic E-state index is 0.755. The summed E-state index contributed by atoms with van der Waals surface area (Å²) in [6.45, 7) is 2.52. The maximum atomic E-state index is 5.04. The number of pyridine rings is 1. The Morgan fingerprint density at radius 1 is 1.42 bits per heavy atom. The maximum Gasteiger partial charge on any atom is 0.100 e. The van der Waals surface area contributed by atoms with Crippen LogP contribution in [-0.4, -0.2) is 31.0 Å². The van der Waals surface area contributed by atoms with Crippen LogP contribution in [0.5, 0.6) is 0 Å². The van der Waals surface area contributed by atoms with Crippen LogP contribution in [0.15, 0.2) is 23.4 Å². The molecule has 1 saturated carbocycles. The molecule has 1 aromatic rings. The molecule has 0 atom stereocenters. The average Bonchev–Trinajstić information content (AvgIpc) is 2.96. The quantitative estimate of drug-likeness (QED) is 0.586. The smallest absolute Gasteiger partial charge is 0.100 e. The molecule has 106 valence electrons. The van der Waals surface area contributed by atoms with E-state index in [-0.39, 0.29) is 0 Å². The molecule has 19 heavy (non-hydrogen) atoms. The largest absolute Gasteiger partial charge is 0.383 e. The number of nitrogens with one attached hydrogen (secondary N) is 1. The van der Waals surface area contributed by atoms with E-state index in [1.54, 1.807) is 7.11 Å². The molecule has 3 nitrogen and oxygen atoms in total. The van der Waals surface area contributed by atoms with Gasteiger partial charge in [-0.1, -0.05) is 18.9 Å². The van der Waals surface area contributed by atoms with Crippen LogP contribution in [0.1, 0.15) is 31.2 Å². The zero-order valence-corrected chi connectivity index (χ0v) is 12.5. The van der Waals surface area contributed by atoms with E-state index in [1.165, 1.54) is 42.0 Å². The van der Waals surface area contributed by atoms with Crippen molar-refractivity contribution in [3.8, 4) is 0 Å². The predicted molar refractivity (Wildman–Crippen MR) is 80.5 cm³/mol. The van der Waals surface area contributed by atoms with Crippen molar-refractivity contribution < 1.29 is 4.74 Å². The van der Waals surface area contributed by atoms with Crippen LogP contribution in [0.2, 0.25) is 0 Å². The highest BCUT2D eigenvalue weighted by Crippen LogP contribution is 2.31. The van der Waals surface area contributed by atoms with E-state index in [1.807, 2.05) is 24.0 Å². The third kappa shape index (κ3) is 5.13. The number of thioether (sulfide) groups is 1. The highest BCUT2D eigenvalue weighted by Gasteiger charge is 2.16. The van der Waals surface area contributed by atoms with Crippen molar-refractivity contribution >= 4 is 11.8 Å². The summed E-state index contributed by atoms with van der Waals surface area (Å²) in [5.41, 5.74) is 1.31. The van der Waals surface area contributed by atoms with Gasteiger partial charge in [-0.05, 0) is 30.4 Å². The van der Waals surface area contributed by atoms with Gasteiger partial charge in [-0.2, -0.15) is 0 Å². The molecule has 0 radical (unpaired) electrons. The maximum absolute atomic E-state index is 5.04. The van der Waals surface area contributed by atoms with E-state index in [0.29, 0.717) is 0 Å². The van der Waals surface area contributed by atoms with Gasteiger partial charge in [-0.3, -0.25) is 0 Å². The Balaban J connectivity index is 1.80. The van der Waals surface area contributed by atoms with Gasteiger partial charge in [0.15, 0.2) is 0 Å². The number of hydrogen-bond acceptors (Lipinski definition) is 4. The molecule has 1 heterocycles. The molecule has 1 aromatic heterocycles. The Morgan fingerprint density at radius 2 is 2.26 bits per heavy atom. The molecule has 0 aliphatic heterocycles. The first-order valence-corrected chi connectivity index (χ1v) is 8.15. The number of rotatable bonds is 8. The molecule has 0 aromatic carbocycles. The Kier molecular flexibility index (Phi) is 6.68. The molecule has 0 spiro atoms. The second-order valence-corrected chi connectivity index (χ2v) is 6.11. The van der Waals surface area contributed by atoms with Crippen molar-refractivity contribution in [2.24, 2.45) is 5.92 Å². The molecule has 0 unspecified atom stereocenters. The third-order valence-electron chi connectivity index (χ3n) is 3.58. The summed E-state index contributed by atoms with van der Waals surface area (Å²) in [4.78, 5) is 4.53. The lowest BCUT2D eigenvalue weighted by Gasteiger charge is -2.11. The molecule has 1 aliphatic carbocycles. The summed E-state index contributed by atoms with van der Waals surface area (Å²) in [6, 6.07) is 4.19. The zero-order chi connectivity index (χ0) is 13.3. The lowest BCUT2D eigenvalue weighted by Crippen LogP contribution is -2.19. The Morgan fingerprint density at radius 3 is 3.05 bits per heavy atom. The summed E-state index contributed by atoms with van der Waals surface area (Å²) in [5.74, 6) is 2.13. The second-order valence-electron chi connectivity index (χ2n) is 5.10. The summed E-state index contributed by atoms with van der Waals surface area (Å²) in [5, 5.41) is 4.59. The molecular weight excluding hydrogens is 256 g/mol. The van der Waals surface area contributed by atoms with E-state index in [0.717, 1.165) is 25.6 Å². The molecular formula is C15H24N2OS. The van der Waals surface area contributed by atoms with Crippen LogP contribution in [0.4, 0.5) is 0 Å². The van der Waals surface area contributed by atoms with Crippen LogP contribution in [-0.2, 0) is 11.3 Å². The first-order valence-electron chi connectivity index (χ1n) is 7.16. The number of nitrogens with zero attached hydrogens (tertiary/aromatic N) is 1. The second kappa shape index (κ2) is 8.56. The van der Waals surface area contributed by atoms with Gasteiger partial charge in [-0.25, -0.2) is 4.98 Å². The van der Waals surface area contributed by atoms with Crippen LogP contribution >= 0.6 is 11.8 Å². The first kappa shape index (κ1) is 14.8. The minimum Gasteiger partial charge on any atom is -0.383 e. The SMILES string of the molecule is COCCNCc1cccnc1SCC1CCCC1. The fourth-order valence-electron chi connectivity index (χ4n) is 2.46. The highest BCUT2D eigenvalue weighted by molar-refractivity contribution is 7.99. The van der Waals surface area contributed by atoms with E-state index in [9.17, 15) is 0 Å². The van der Waals surface area contributed by atoms with E-state index >= 15 is 0 Å². The Labute approximate surface area is 120 Å². The molecule has 0 bridgehead atoms. The topological polar surface area (TPSA) is 34.1 Å². The van der Waals surface area contributed by atoms with Crippen LogP contribution in [0.3, 0.4) is 0 Å². The Hall–Kier alpha value is -0.580. The fraction of sp³-hybridized carbons (Fsp3) is 0.667. The van der Waals surface area contributed by atoms with E-state index < -0.39 is 0 Å². The molecule has 0 saturated heterocycles. The predicted octanol–water partition coefficient (Wildman–Crippen LogP) is 3.10. The van der Waals surface area contributed by atoms with Gasteiger partial charge in [0.05, 0.1) is 6.61 Å². The van der Waals surface area contributed by atoms with Crippen molar-refractivity contribution in [1.29, 1.82) is 0 Å². The molecule has 1 fully saturated rings. The van der Waals surface area contributed by atoms with E-state index in [2.05, 4.69) is 16.4 Å². The zero-order valence-electron chi connectivity index (χ0n) is 11.7. The van der Waals surface area contributed by atoms with Gasteiger partial charge in [0.25, 0.3) is 0 Å². The van der Waals surface area contributed by atoms with Gasteiger partial charge in [0, 0.05) is 32.1 Å². The van der Waals surface area contributed by atoms with Gasteiger partial charge in [-0.15, -0.1) is 11.8 Å². The van der Waals surface area contributed by atoms with Crippen LogP contribution in [0, 0.1) is 5.92 Å². The number of aromatic nitrogens is 1.